The predicted molar refractivity (Wildman–Crippen MR) is 135 cm³/mol. The van der Waals surface area contributed by atoms with E-state index in [1.54, 1.807) is 24.0 Å². The standard InChI is InChI=1S/C27H28N2O5S/c1-2-14-32-27(31)29-22-7-5-6-21(15-22)26-33-23(18-35-25-8-3-4-13-28-25)16-24(34-26)20-11-9-19(17-30)10-12-20/h2-13,15,23-24,26,30H,1,14,16-18H2,(H,29,31). The number of nitrogens with one attached hydrogen (secondary N) is 1. The maximum atomic E-state index is 12.0. The number of carbonyl (C=O) groups excluding carboxylic acids is 1. The Hall–Kier alpha value is -3.17. The molecule has 2 heterocycles. The first-order chi connectivity index (χ1) is 17.1. The van der Waals surface area contributed by atoms with Crippen LogP contribution in [-0.2, 0) is 20.8 Å². The first-order valence-corrected chi connectivity index (χ1v) is 12.3. The number of pyridine rings is 1. The third-order valence-electron chi connectivity index (χ3n) is 5.41. The number of aromatic nitrogens is 1. The first kappa shape index (κ1) is 24.9. The van der Waals surface area contributed by atoms with Crippen molar-refractivity contribution in [2.24, 2.45) is 0 Å². The molecule has 0 saturated carbocycles. The average Bonchev–Trinajstić information content (AvgIpc) is 2.91. The molecule has 35 heavy (non-hydrogen) atoms. The molecule has 1 aromatic heterocycles. The number of aliphatic hydroxyl groups excluding tert-OH is 1. The molecule has 1 aliphatic rings. The van der Waals surface area contributed by atoms with Crippen molar-refractivity contribution in [1.29, 1.82) is 0 Å². The van der Waals surface area contributed by atoms with E-state index in [0.29, 0.717) is 17.9 Å². The molecule has 7 nitrogen and oxygen atoms in total. The molecule has 0 bridgehead atoms. The van der Waals surface area contributed by atoms with Gasteiger partial charge in [0.25, 0.3) is 0 Å². The summed E-state index contributed by atoms with van der Waals surface area (Å²) in [5.74, 6) is 0.716. The molecule has 1 amide bonds. The molecule has 3 unspecified atom stereocenters. The Morgan fingerprint density at radius 1 is 1.14 bits per heavy atom. The van der Waals surface area contributed by atoms with Gasteiger partial charge in [0.2, 0.25) is 0 Å². The lowest BCUT2D eigenvalue weighted by atomic mass is 10.0. The number of thioether (sulfide) groups is 1. The summed E-state index contributed by atoms with van der Waals surface area (Å²) in [6, 6.07) is 20.9. The normalized spacial score (nSPS) is 19.6. The number of benzene rings is 2. The lowest BCUT2D eigenvalue weighted by Crippen LogP contribution is -2.31. The summed E-state index contributed by atoms with van der Waals surface area (Å²) in [6.07, 6.45) is 2.52. The number of anilines is 1. The topological polar surface area (TPSA) is 89.9 Å². The minimum absolute atomic E-state index is 0.00406. The minimum Gasteiger partial charge on any atom is -0.445 e. The molecule has 1 saturated heterocycles. The minimum atomic E-state index is -0.619. The predicted octanol–water partition coefficient (Wildman–Crippen LogP) is 5.65. The van der Waals surface area contributed by atoms with Crippen LogP contribution in [0.2, 0.25) is 0 Å². The third kappa shape index (κ3) is 7.16. The summed E-state index contributed by atoms with van der Waals surface area (Å²) in [7, 11) is 0. The largest absolute Gasteiger partial charge is 0.445 e. The van der Waals surface area contributed by atoms with Gasteiger partial charge in [-0.05, 0) is 35.4 Å². The van der Waals surface area contributed by atoms with Crippen LogP contribution in [0.25, 0.3) is 0 Å². The van der Waals surface area contributed by atoms with E-state index in [4.69, 9.17) is 14.2 Å². The molecular formula is C27H28N2O5S. The number of hydrogen-bond acceptors (Lipinski definition) is 7. The Morgan fingerprint density at radius 3 is 2.74 bits per heavy atom. The monoisotopic (exact) mass is 492 g/mol. The van der Waals surface area contributed by atoms with Crippen LogP contribution in [0.3, 0.4) is 0 Å². The molecule has 1 fully saturated rings. The summed E-state index contributed by atoms with van der Waals surface area (Å²) in [5, 5.41) is 13.0. The van der Waals surface area contributed by atoms with Crippen molar-refractivity contribution in [3.8, 4) is 0 Å². The van der Waals surface area contributed by atoms with E-state index in [2.05, 4.69) is 16.9 Å². The molecule has 1 aliphatic heterocycles. The van der Waals surface area contributed by atoms with Crippen LogP contribution in [0.15, 0.2) is 90.6 Å². The van der Waals surface area contributed by atoms with Gasteiger partial charge in [-0.2, -0.15) is 0 Å². The van der Waals surface area contributed by atoms with E-state index >= 15 is 0 Å². The Balaban J connectivity index is 1.51. The second-order valence-corrected chi connectivity index (χ2v) is 9.01. The SMILES string of the molecule is C=CCOC(=O)Nc1cccc(C2OC(CSc3ccccn3)CC(c3ccc(CO)cc3)O2)c1. The van der Waals surface area contributed by atoms with Gasteiger partial charge in [0, 0.05) is 29.6 Å². The highest BCUT2D eigenvalue weighted by Gasteiger charge is 2.32. The molecule has 0 aliphatic carbocycles. The molecule has 182 valence electrons. The molecule has 2 aromatic carbocycles. The van der Waals surface area contributed by atoms with Crippen molar-refractivity contribution in [1.82, 2.24) is 4.98 Å². The number of amides is 1. The second kappa shape index (κ2) is 12.5. The second-order valence-electron chi connectivity index (χ2n) is 7.97. The Bertz CT molecular complexity index is 1110. The molecule has 0 radical (unpaired) electrons. The molecule has 4 rings (SSSR count). The third-order valence-corrected chi connectivity index (χ3v) is 6.48. The van der Waals surface area contributed by atoms with Crippen LogP contribution in [-0.4, -0.2) is 34.6 Å². The molecule has 8 heteroatoms. The van der Waals surface area contributed by atoms with Crippen LogP contribution in [0, 0.1) is 0 Å². The summed E-state index contributed by atoms with van der Waals surface area (Å²) in [4.78, 5) is 16.3. The highest BCUT2D eigenvalue weighted by atomic mass is 32.2. The molecule has 3 atom stereocenters. The summed E-state index contributed by atoms with van der Waals surface area (Å²) in [5.41, 5.74) is 3.24. The van der Waals surface area contributed by atoms with Crippen molar-refractivity contribution >= 4 is 23.5 Å². The number of rotatable bonds is 9. The lowest BCUT2D eigenvalue weighted by molar-refractivity contribution is -0.245. The fourth-order valence-corrected chi connectivity index (χ4v) is 4.57. The van der Waals surface area contributed by atoms with E-state index in [9.17, 15) is 9.90 Å². The Morgan fingerprint density at radius 2 is 2.00 bits per heavy atom. The first-order valence-electron chi connectivity index (χ1n) is 11.3. The molecular weight excluding hydrogens is 464 g/mol. The number of ether oxygens (including phenoxy) is 3. The summed E-state index contributed by atoms with van der Waals surface area (Å²) >= 11 is 1.64. The fraction of sp³-hybridized carbons (Fsp3) is 0.259. The summed E-state index contributed by atoms with van der Waals surface area (Å²) < 4.78 is 17.7. The highest BCUT2D eigenvalue weighted by Crippen LogP contribution is 2.39. The van der Waals surface area contributed by atoms with E-state index in [-0.39, 0.29) is 25.4 Å². The number of nitrogens with zero attached hydrogens (tertiary/aromatic N) is 1. The zero-order valence-corrected chi connectivity index (χ0v) is 20.0. The van der Waals surface area contributed by atoms with Crippen molar-refractivity contribution in [3.63, 3.8) is 0 Å². The number of hydrogen-bond donors (Lipinski definition) is 2. The van der Waals surface area contributed by atoms with Crippen molar-refractivity contribution in [2.45, 2.75) is 36.6 Å². The van der Waals surface area contributed by atoms with Crippen molar-refractivity contribution in [3.05, 3.63) is 102 Å². The molecule has 2 N–H and O–H groups in total. The van der Waals surface area contributed by atoms with Crippen LogP contribution < -0.4 is 5.32 Å². The zero-order chi connectivity index (χ0) is 24.5. The number of carbonyl (C=O) groups is 1. The van der Waals surface area contributed by atoms with Gasteiger partial charge in [-0.1, -0.05) is 55.1 Å². The van der Waals surface area contributed by atoms with Gasteiger partial charge in [-0.3, -0.25) is 5.32 Å². The van der Waals surface area contributed by atoms with E-state index in [1.807, 2.05) is 60.7 Å². The lowest BCUT2D eigenvalue weighted by Gasteiger charge is -2.36. The van der Waals surface area contributed by atoms with Crippen molar-refractivity contribution < 1.29 is 24.1 Å². The van der Waals surface area contributed by atoms with Crippen LogP contribution in [0.5, 0.6) is 0 Å². The zero-order valence-electron chi connectivity index (χ0n) is 19.2. The van der Waals surface area contributed by atoms with Gasteiger partial charge in [0.05, 0.1) is 23.8 Å². The Kier molecular flexibility index (Phi) is 8.91. The van der Waals surface area contributed by atoms with Gasteiger partial charge in [0.15, 0.2) is 6.29 Å². The summed E-state index contributed by atoms with van der Waals surface area (Å²) in [6.45, 7) is 3.67. The van der Waals surface area contributed by atoms with Crippen LogP contribution in [0.4, 0.5) is 10.5 Å². The average molecular weight is 493 g/mol. The maximum Gasteiger partial charge on any atom is 0.411 e. The van der Waals surface area contributed by atoms with Gasteiger partial charge < -0.3 is 19.3 Å². The van der Waals surface area contributed by atoms with Gasteiger partial charge in [-0.15, -0.1) is 11.8 Å². The molecule has 0 spiro atoms. The van der Waals surface area contributed by atoms with Gasteiger partial charge in [0.1, 0.15) is 6.61 Å². The van der Waals surface area contributed by atoms with Crippen LogP contribution in [0.1, 0.15) is 35.5 Å². The fourth-order valence-electron chi connectivity index (χ4n) is 3.69. The highest BCUT2D eigenvalue weighted by molar-refractivity contribution is 7.99. The smallest absolute Gasteiger partial charge is 0.411 e. The quantitative estimate of drug-likeness (QED) is 0.295. The van der Waals surface area contributed by atoms with Gasteiger partial charge in [-0.25, -0.2) is 9.78 Å². The van der Waals surface area contributed by atoms with Gasteiger partial charge >= 0.3 is 6.09 Å². The van der Waals surface area contributed by atoms with E-state index in [0.717, 1.165) is 21.7 Å². The van der Waals surface area contributed by atoms with E-state index in [1.165, 1.54) is 6.08 Å². The number of aliphatic hydroxyl groups is 1. The van der Waals surface area contributed by atoms with E-state index < -0.39 is 12.4 Å². The van der Waals surface area contributed by atoms with Crippen molar-refractivity contribution in [2.75, 3.05) is 17.7 Å². The van der Waals surface area contributed by atoms with Crippen LogP contribution >= 0.6 is 11.8 Å². The maximum absolute atomic E-state index is 12.0. The Labute approximate surface area is 209 Å². The molecule has 3 aromatic rings.